The maximum absolute atomic E-state index is 5.70. The molecule has 6 nitrogen and oxygen atoms in total. The van der Waals surface area contributed by atoms with Gasteiger partial charge in [0.25, 0.3) is 0 Å². The van der Waals surface area contributed by atoms with E-state index in [9.17, 15) is 0 Å². The van der Waals surface area contributed by atoms with Gasteiger partial charge in [0.1, 0.15) is 0 Å². The first-order valence-electron chi connectivity index (χ1n) is 5.21. The number of hydrogen-bond acceptors (Lipinski definition) is 6. The molecule has 1 saturated carbocycles. The Bertz CT molecular complexity index is 358. The van der Waals surface area contributed by atoms with Gasteiger partial charge < -0.3 is 15.4 Å². The fourth-order valence-electron chi connectivity index (χ4n) is 1.24. The highest BCUT2D eigenvalue weighted by molar-refractivity contribution is 6.28. The van der Waals surface area contributed by atoms with Crippen molar-refractivity contribution in [2.45, 2.75) is 18.9 Å². The lowest BCUT2D eigenvalue weighted by Gasteiger charge is -2.06. The maximum atomic E-state index is 5.70. The molecule has 88 valence electrons. The second-order valence-corrected chi connectivity index (χ2v) is 3.91. The molecule has 0 unspecified atom stereocenters. The van der Waals surface area contributed by atoms with Crippen LogP contribution in [0.1, 0.15) is 12.8 Å². The molecule has 0 bridgehead atoms. The Morgan fingerprint density at radius 2 is 2.12 bits per heavy atom. The molecular weight excluding hydrogens is 230 g/mol. The van der Waals surface area contributed by atoms with E-state index in [2.05, 4.69) is 25.6 Å². The Hall–Kier alpha value is -1.14. The highest BCUT2D eigenvalue weighted by atomic mass is 35.5. The third-order valence-corrected chi connectivity index (χ3v) is 2.36. The number of aromatic nitrogens is 3. The highest BCUT2D eigenvalue weighted by Gasteiger charge is 2.19. The molecule has 1 aliphatic carbocycles. The summed E-state index contributed by atoms with van der Waals surface area (Å²) < 4.78 is 4.89. The molecule has 0 spiro atoms. The Balaban J connectivity index is 1.80. The van der Waals surface area contributed by atoms with E-state index in [0.717, 1.165) is 13.1 Å². The third kappa shape index (κ3) is 3.46. The molecule has 2 N–H and O–H groups in total. The average molecular weight is 244 g/mol. The number of anilines is 1. The Morgan fingerprint density at radius 1 is 1.31 bits per heavy atom. The van der Waals surface area contributed by atoms with E-state index in [1.165, 1.54) is 20.0 Å². The van der Waals surface area contributed by atoms with E-state index >= 15 is 0 Å². The fraction of sp³-hybridized carbons (Fsp3) is 0.667. The number of halogens is 1. The van der Waals surface area contributed by atoms with Crippen LogP contribution in [-0.4, -0.2) is 41.2 Å². The molecule has 0 saturated heterocycles. The lowest BCUT2D eigenvalue weighted by atomic mass is 10.5. The van der Waals surface area contributed by atoms with Crippen LogP contribution in [0.2, 0.25) is 5.28 Å². The van der Waals surface area contributed by atoms with Crippen LogP contribution in [0.4, 0.5) is 5.95 Å². The molecule has 1 aliphatic rings. The zero-order valence-electron chi connectivity index (χ0n) is 9.03. The van der Waals surface area contributed by atoms with Crippen LogP contribution in [0.15, 0.2) is 0 Å². The van der Waals surface area contributed by atoms with Gasteiger partial charge in [-0.05, 0) is 24.4 Å². The molecule has 0 atom stereocenters. The van der Waals surface area contributed by atoms with Crippen molar-refractivity contribution in [1.29, 1.82) is 0 Å². The number of nitrogens with one attached hydrogen (secondary N) is 2. The molecule has 0 radical (unpaired) electrons. The molecule has 1 aromatic heterocycles. The zero-order valence-corrected chi connectivity index (χ0v) is 9.79. The summed E-state index contributed by atoms with van der Waals surface area (Å²) in [6.07, 6.45) is 2.57. The predicted molar refractivity (Wildman–Crippen MR) is 60.9 cm³/mol. The minimum Gasteiger partial charge on any atom is -0.467 e. The summed E-state index contributed by atoms with van der Waals surface area (Å²) in [6, 6.07) is 0.927. The van der Waals surface area contributed by atoms with Gasteiger partial charge in [-0.15, -0.1) is 0 Å². The Morgan fingerprint density at radius 3 is 2.81 bits per heavy atom. The molecule has 7 heteroatoms. The summed E-state index contributed by atoms with van der Waals surface area (Å²) >= 11 is 5.70. The van der Waals surface area contributed by atoms with Gasteiger partial charge in [0.15, 0.2) is 0 Å². The number of methoxy groups -OCH3 is 1. The highest BCUT2D eigenvalue weighted by Crippen LogP contribution is 2.18. The maximum Gasteiger partial charge on any atom is 0.322 e. The van der Waals surface area contributed by atoms with Crippen molar-refractivity contribution in [3.05, 3.63) is 5.28 Å². The van der Waals surface area contributed by atoms with Gasteiger partial charge in [0.05, 0.1) is 7.11 Å². The first-order chi connectivity index (χ1) is 7.78. The van der Waals surface area contributed by atoms with E-state index in [4.69, 9.17) is 16.3 Å². The largest absolute Gasteiger partial charge is 0.467 e. The van der Waals surface area contributed by atoms with Crippen molar-refractivity contribution >= 4 is 17.5 Å². The second-order valence-electron chi connectivity index (χ2n) is 3.57. The Labute approximate surface area is 98.8 Å². The summed E-state index contributed by atoms with van der Waals surface area (Å²) in [5, 5.41) is 6.56. The van der Waals surface area contributed by atoms with Gasteiger partial charge in [-0.2, -0.15) is 15.0 Å². The molecule has 0 aliphatic heterocycles. The number of hydrogen-bond donors (Lipinski definition) is 2. The summed E-state index contributed by atoms with van der Waals surface area (Å²) in [4.78, 5) is 11.7. The topological polar surface area (TPSA) is 72.0 Å². The van der Waals surface area contributed by atoms with E-state index in [0.29, 0.717) is 12.0 Å². The molecule has 1 aromatic rings. The van der Waals surface area contributed by atoms with Gasteiger partial charge in [-0.25, -0.2) is 0 Å². The van der Waals surface area contributed by atoms with Gasteiger partial charge in [-0.3, -0.25) is 0 Å². The van der Waals surface area contributed by atoms with Gasteiger partial charge in [-0.1, -0.05) is 0 Å². The van der Waals surface area contributed by atoms with Crippen LogP contribution < -0.4 is 15.4 Å². The van der Waals surface area contributed by atoms with E-state index < -0.39 is 0 Å². The van der Waals surface area contributed by atoms with Crippen molar-refractivity contribution < 1.29 is 4.74 Å². The predicted octanol–water partition coefficient (Wildman–Crippen LogP) is 0.697. The van der Waals surface area contributed by atoms with Gasteiger partial charge in [0, 0.05) is 19.1 Å². The van der Waals surface area contributed by atoms with Crippen LogP contribution in [-0.2, 0) is 0 Å². The molecule has 0 aromatic carbocycles. The number of rotatable bonds is 6. The van der Waals surface area contributed by atoms with Crippen LogP contribution in [0, 0.1) is 0 Å². The number of ether oxygens (including phenoxy) is 1. The fourth-order valence-corrected chi connectivity index (χ4v) is 1.39. The van der Waals surface area contributed by atoms with Gasteiger partial charge >= 0.3 is 6.01 Å². The average Bonchev–Trinajstić information content (AvgIpc) is 3.07. The monoisotopic (exact) mass is 243 g/mol. The van der Waals surface area contributed by atoms with Crippen molar-refractivity contribution in [2.24, 2.45) is 0 Å². The molecular formula is C9H14ClN5O. The van der Waals surface area contributed by atoms with E-state index in [-0.39, 0.29) is 11.3 Å². The molecule has 16 heavy (non-hydrogen) atoms. The lowest BCUT2D eigenvalue weighted by Crippen LogP contribution is -2.24. The van der Waals surface area contributed by atoms with Crippen LogP contribution in [0.3, 0.4) is 0 Å². The van der Waals surface area contributed by atoms with Crippen molar-refractivity contribution in [1.82, 2.24) is 20.3 Å². The van der Waals surface area contributed by atoms with Crippen molar-refractivity contribution in [2.75, 3.05) is 25.5 Å². The van der Waals surface area contributed by atoms with Gasteiger partial charge in [0.2, 0.25) is 11.2 Å². The van der Waals surface area contributed by atoms with Crippen molar-refractivity contribution in [3.63, 3.8) is 0 Å². The molecule has 2 rings (SSSR count). The quantitative estimate of drug-likeness (QED) is 0.717. The SMILES string of the molecule is COc1nc(Cl)nc(NCCNC2CC2)n1. The molecule has 0 amide bonds. The zero-order chi connectivity index (χ0) is 11.4. The summed E-state index contributed by atoms with van der Waals surface area (Å²) in [5.74, 6) is 0.439. The van der Waals surface area contributed by atoms with Crippen LogP contribution in [0.25, 0.3) is 0 Å². The summed E-state index contributed by atoms with van der Waals surface area (Å²) in [6.45, 7) is 1.64. The minimum absolute atomic E-state index is 0.129. The van der Waals surface area contributed by atoms with E-state index in [1.54, 1.807) is 0 Å². The first kappa shape index (κ1) is 11.3. The molecule has 1 fully saturated rings. The van der Waals surface area contributed by atoms with Crippen LogP contribution >= 0.6 is 11.6 Å². The normalized spacial score (nSPS) is 14.9. The standard InChI is InChI=1S/C9H14ClN5O/c1-16-9-14-7(10)13-8(15-9)12-5-4-11-6-2-3-6/h6,11H,2-5H2,1H3,(H,12,13,14,15). The smallest absolute Gasteiger partial charge is 0.322 e. The molecule has 1 heterocycles. The van der Waals surface area contributed by atoms with E-state index in [1.807, 2.05) is 0 Å². The lowest BCUT2D eigenvalue weighted by molar-refractivity contribution is 0.379. The van der Waals surface area contributed by atoms with Crippen molar-refractivity contribution in [3.8, 4) is 6.01 Å². The first-order valence-corrected chi connectivity index (χ1v) is 5.58. The number of nitrogens with zero attached hydrogens (tertiary/aromatic N) is 3. The third-order valence-electron chi connectivity index (χ3n) is 2.19. The Kier molecular flexibility index (Phi) is 3.74. The summed E-state index contributed by atoms with van der Waals surface area (Å²) in [7, 11) is 1.49. The summed E-state index contributed by atoms with van der Waals surface area (Å²) in [5.41, 5.74) is 0. The van der Waals surface area contributed by atoms with Crippen LogP contribution in [0.5, 0.6) is 6.01 Å². The second kappa shape index (κ2) is 5.27. The minimum atomic E-state index is 0.129.